The Morgan fingerprint density at radius 2 is 1.94 bits per heavy atom. The minimum absolute atomic E-state index is 0.198. The summed E-state index contributed by atoms with van der Waals surface area (Å²) in [5.41, 5.74) is 0.976. The highest BCUT2D eigenvalue weighted by Gasteiger charge is 2.07. The minimum Gasteiger partial charge on any atom is -0.508 e. The summed E-state index contributed by atoms with van der Waals surface area (Å²) in [6.45, 7) is 4.42. The predicted octanol–water partition coefficient (Wildman–Crippen LogP) is 3.85. The lowest BCUT2D eigenvalue weighted by Gasteiger charge is -2.07. The first-order valence-corrected chi connectivity index (χ1v) is 6.56. The van der Waals surface area contributed by atoms with Gasteiger partial charge in [0.05, 0.1) is 5.56 Å². The molecule has 0 saturated heterocycles. The van der Waals surface area contributed by atoms with E-state index in [1.165, 1.54) is 25.0 Å². The van der Waals surface area contributed by atoms with Crippen molar-refractivity contribution in [2.45, 2.75) is 46.0 Å². The molecule has 3 nitrogen and oxygen atoms in total. The molecule has 0 spiro atoms. The van der Waals surface area contributed by atoms with Crippen LogP contribution in [-0.4, -0.2) is 16.2 Å². The SMILES string of the molecule is CC(C)CCCCCc1cc(C(=O)O)ccc1O. The molecule has 18 heavy (non-hydrogen) atoms. The molecule has 0 bridgehead atoms. The first kappa shape index (κ1) is 14.6. The van der Waals surface area contributed by atoms with Crippen molar-refractivity contribution >= 4 is 5.97 Å². The molecule has 0 aliphatic carbocycles. The molecule has 0 aliphatic heterocycles. The highest BCUT2D eigenvalue weighted by Crippen LogP contribution is 2.21. The van der Waals surface area contributed by atoms with Crippen LogP contribution in [0.3, 0.4) is 0 Å². The quantitative estimate of drug-likeness (QED) is 0.723. The number of hydrogen-bond acceptors (Lipinski definition) is 2. The molecule has 0 saturated carbocycles. The molecule has 1 rings (SSSR count). The highest BCUT2D eigenvalue weighted by molar-refractivity contribution is 5.88. The van der Waals surface area contributed by atoms with Gasteiger partial charge in [0.15, 0.2) is 0 Å². The molecule has 0 heterocycles. The van der Waals surface area contributed by atoms with Gasteiger partial charge in [-0.15, -0.1) is 0 Å². The van der Waals surface area contributed by atoms with Crippen molar-refractivity contribution < 1.29 is 15.0 Å². The second kappa shape index (κ2) is 7.04. The van der Waals surface area contributed by atoms with Gasteiger partial charge in [0.2, 0.25) is 0 Å². The minimum atomic E-state index is -0.948. The Morgan fingerprint density at radius 3 is 2.56 bits per heavy atom. The van der Waals surface area contributed by atoms with Gasteiger partial charge in [-0.25, -0.2) is 4.79 Å². The van der Waals surface area contributed by atoms with E-state index in [-0.39, 0.29) is 11.3 Å². The molecular weight excluding hydrogens is 228 g/mol. The summed E-state index contributed by atoms with van der Waals surface area (Å²) >= 11 is 0. The molecule has 0 atom stereocenters. The number of benzene rings is 1. The molecule has 0 unspecified atom stereocenters. The molecule has 0 fully saturated rings. The summed E-state index contributed by atoms with van der Waals surface area (Å²) in [5, 5.41) is 18.6. The van der Waals surface area contributed by atoms with Gasteiger partial charge in [-0.05, 0) is 42.5 Å². The van der Waals surface area contributed by atoms with Crippen LogP contribution >= 0.6 is 0 Å². The van der Waals surface area contributed by atoms with Crippen molar-refractivity contribution in [1.82, 2.24) is 0 Å². The fourth-order valence-corrected chi connectivity index (χ4v) is 1.96. The molecule has 2 N–H and O–H groups in total. The summed E-state index contributed by atoms with van der Waals surface area (Å²) in [6, 6.07) is 4.47. The summed E-state index contributed by atoms with van der Waals surface area (Å²) in [5.74, 6) is -0.0198. The van der Waals surface area contributed by atoms with E-state index >= 15 is 0 Å². The maximum Gasteiger partial charge on any atom is 0.335 e. The van der Waals surface area contributed by atoms with Crippen molar-refractivity contribution in [2.75, 3.05) is 0 Å². The average Bonchev–Trinajstić information content (AvgIpc) is 2.30. The number of unbranched alkanes of at least 4 members (excludes halogenated alkanes) is 2. The third-order valence-electron chi connectivity index (χ3n) is 3.05. The normalized spacial score (nSPS) is 10.8. The van der Waals surface area contributed by atoms with Crippen molar-refractivity contribution in [3.8, 4) is 5.75 Å². The van der Waals surface area contributed by atoms with E-state index in [0.717, 1.165) is 30.7 Å². The smallest absolute Gasteiger partial charge is 0.335 e. The number of carbonyl (C=O) groups is 1. The van der Waals surface area contributed by atoms with Gasteiger partial charge in [-0.1, -0.05) is 33.1 Å². The zero-order valence-corrected chi connectivity index (χ0v) is 11.1. The lowest BCUT2D eigenvalue weighted by atomic mass is 10.0. The third kappa shape index (κ3) is 4.78. The summed E-state index contributed by atoms with van der Waals surface area (Å²) in [6.07, 6.45) is 5.27. The number of rotatable bonds is 7. The lowest BCUT2D eigenvalue weighted by Crippen LogP contribution is -1.98. The van der Waals surface area contributed by atoms with E-state index in [9.17, 15) is 9.90 Å². The lowest BCUT2D eigenvalue weighted by molar-refractivity contribution is 0.0696. The molecular formula is C15H22O3. The third-order valence-corrected chi connectivity index (χ3v) is 3.05. The number of aryl methyl sites for hydroxylation is 1. The topological polar surface area (TPSA) is 57.5 Å². The monoisotopic (exact) mass is 250 g/mol. The van der Waals surface area contributed by atoms with Crippen molar-refractivity contribution in [2.24, 2.45) is 5.92 Å². The zero-order chi connectivity index (χ0) is 13.5. The second-order valence-electron chi connectivity index (χ2n) is 5.14. The van der Waals surface area contributed by atoms with E-state index in [4.69, 9.17) is 5.11 Å². The first-order chi connectivity index (χ1) is 8.50. The standard InChI is InChI=1S/C15H22O3/c1-11(2)6-4-3-5-7-12-10-13(15(17)18)8-9-14(12)16/h8-11,16H,3-7H2,1-2H3,(H,17,18). The van der Waals surface area contributed by atoms with E-state index in [1.54, 1.807) is 6.07 Å². The fraction of sp³-hybridized carbons (Fsp3) is 0.533. The molecule has 0 amide bonds. The van der Waals surface area contributed by atoms with Gasteiger partial charge >= 0.3 is 5.97 Å². The van der Waals surface area contributed by atoms with Gasteiger partial charge in [0.25, 0.3) is 0 Å². The maximum absolute atomic E-state index is 10.8. The van der Waals surface area contributed by atoms with Crippen LogP contribution in [0.25, 0.3) is 0 Å². The highest BCUT2D eigenvalue weighted by atomic mass is 16.4. The molecule has 0 aliphatic rings. The molecule has 0 aromatic heterocycles. The summed E-state index contributed by atoms with van der Waals surface area (Å²) in [4.78, 5) is 10.8. The number of carboxylic acids is 1. The number of aromatic hydroxyl groups is 1. The summed E-state index contributed by atoms with van der Waals surface area (Å²) in [7, 11) is 0. The van der Waals surface area contributed by atoms with Crippen molar-refractivity contribution in [3.05, 3.63) is 29.3 Å². The van der Waals surface area contributed by atoms with E-state index < -0.39 is 5.97 Å². The van der Waals surface area contributed by atoms with Gasteiger partial charge < -0.3 is 10.2 Å². The average molecular weight is 250 g/mol. The Hall–Kier alpha value is -1.51. The van der Waals surface area contributed by atoms with Crippen LogP contribution in [0.1, 0.15) is 55.5 Å². The van der Waals surface area contributed by atoms with Crippen LogP contribution in [0.2, 0.25) is 0 Å². The maximum atomic E-state index is 10.8. The van der Waals surface area contributed by atoms with Crippen LogP contribution in [0.4, 0.5) is 0 Å². The predicted molar refractivity (Wildman–Crippen MR) is 72.1 cm³/mol. The molecule has 1 aromatic carbocycles. The van der Waals surface area contributed by atoms with E-state index in [0.29, 0.717) is 0 Å². The Kier molecular flexibility index (Phi) is 5.69. The van der Waals surface area contributed by atoms with Crippen LogP contribution < -0.4 is 0 Å². The van der Waals surface area contributed by atoms with Crippen molar-refractivity contribution in [3.63, 3.8) is 0 Å². The second-order valence-corrected chi connectivity index (χ2v) is 5.14. The molecule has 0 radical (unpaired) electrons. The fourth-order valence-electron chi connectivity index (χ4n) is 1.96. The number of hydrogen-bond donors (Lipinski definition) is 2. The first-order valence-electron chi connectivity index (χ1n) is 6.56. The van der Waals surface area contributed by atoms with Gasteiger partial charge in [-0.2, -0.15) is 0 Å². The zero-order valence-electron chi connectivity index (χ0n) is 11.1. The number of carboxylic acid groups (broad SMARTS) is 1. The largest absolute Gasteiger partial charge is 0.508 e. The number of phenols is 1. The van der Waals surface area contributed by atoms with Crippen LogP contribution in [0.15, 0.2) is 18.2 Å². The Morgan fingerprint density at radius 1 is 1.22 bits per heavy atom. The summed E-state index contributed by atoms with van der Waals surface area (Å²) < 4.78 is 0. The Bertz CT molecular complexity index is 397. The van der Waals surface area contributed by atoms with Gasteiger partial charge in [-0.3, -0.25) is 0 Å². The molecule has 100 valence electrons. The molecule has 3 heteroatoms. The number of aromatic carboxylic acids is 1. The van der Waals surface area contributed by atoms with Crippen LogP contribution in [0.5, 0.6) is 5.75 Å². The van der Waals surface area contributed by atoms with Crippen molar-refractivity contribution in [1.29, 1.82) is 0 Å². The van der Waals surface area contributed by atoms with E-state index in [1.807, 2.05) is 0 Å². The van der Waals surface area contributed by atoms with E-state index in [2.05, 4.69) is 13.8 Å². The van der Waals surface area contributed by atoms with Crippen LogP contribution in [-0.2, 0) is 6.42 Å². The Balaban J connectivity index is 2.46. The Labute approximate surface area is 108 Å². The van der Waals surface area contributed by atoms with Gasteiger partial charge in [0, 0.05) is 0 Å². The van der Waals surface area contributed by atoms with Crippen LogP contribution in [0, 0.1) is 5.92 Å². The molecule has 1 aromatic rings. The number of phenolic OH excluding ortho intramolecular Hbond substituents is 1. The van der Waals surface area contributed by atoms with Gasteiger partial charge in [0.1, 0.15) is 5.75 Å².